The second kappa shape index (κ2) is 8.43. The van der Waals surface area contributed by atoms with Crippen molar-refractivity contribution in [1.82, 2.24) is 9.13 Å². The Balaban J connectivity index is 2.03. The standard InChI is InChI=1S/C18H21N3O7S/c1-11-4-6-12(7-5-11)29(26,27)9-8-14(23)28-10-13(22)15-16(19)20(2)18(25)21(3)17(15)24/h4-7H,8-10,19H2,1-3H3. The molecule has 2 N–H and O–H groups in total. The van der Waals surface area contributed by atoms with E-state index in [1.807, 2.05) is 6.92 Å². The molecule has 0 bridgehead atoms. The van der Waals surface area contributed by atoms with Crippen LogP contribution in [0.25, 0.3) is 0 Å². The van der Waals surface area contributed by atoms with Crippen LogP contribution in [0.4, 0.5) is 5.82 Å². The average Bonchev–Trinajstić information content (AvgIpc) is 2.68. The number of Topliss-reactive ketones (excluding diaryl/α,β-unsaturated/α-hetero) is 1. The highest BCUT2D eigenvalue weighted by Crippen LogP contribution is 2.13. The SMILES string of the molecule is Cc1ccc(S(=O)(=O)CCC(=O)OCC(=O)c2c(N)n(C)c(=O)n(C)c2=O)cc1. The van der Waals surface area contributed by atoms with Gasteiger partial charge in [-0.3, -0.25) is 23.5 Å². The van der Waals surface area contributed by atoms with Crippen molar-refractivity contribution in [3.63, 3.8) is 0 Å². The van der Waals surface area contributed by atoms with Crippen LogP contribution in [0.3, 0.4) is 0 Å². The predicted molar refractivity (Wildman–Crippen MR) is 104 cm³/mol. The number of ether oxygens (including phenoxy) is 1. The molecular formula is C18H21N3O7S. The number of aromatic nitrogens is 2. The predicted octanol–water partition coefficient (Wildman–Crippen LogP) is -0.435. The van der Waals surface area contributed by atoms with Crippen LogP contribution in [0.2, 0.25) is 0 Å². The van der Waals surface area contributed by atoms with E-state index in [0.717, 1.165) is 10.1 Å². The molecule has 156 valence electrons. The maximum atomic E-state index is 12.3. The lowest BCUT2D eigenvalue weighted by Gasteiger charge is -2.11. The van der Waals surface area contributed by atoms with Crippen molar-refractivity contribution in [2.24, 2.45) is 14.1 Å². The number of hydrogen-bond donors (Lipinski definition) is 1. The third-order valence-electron chi connectivity index (χ3n) is 4.31. The zero-order valence-corrected chi connectivity index (χ0v) is 17.0. The number of benzene rings is 1. The molecule has 0 aliphatic carbocycles. The van der Waals surface area contributed by atoms with Gasteiger partial charge < -0.3 is 10.5 Å². The summed E-state index contributed by atoms with van der Waals surface area (Å²) in [6.45, 7) is 1.01. The summed E-state index contributed by atoms with van der Waals surface area (Å²) in [7, 11) is -1.22. The largest absolute Gasteiger partial charge is 0.457 e. The summed E-state index contributed by atoms with van der Waals surface area (Å²) in [4.78, 5) is 48.1. The van der Waals surface area contributed by atoms with Gasteiger partial charge in [0.2, 0.25) is 5.78 Å². The quantitative estimate of drug-likeness (QED) is 0.466. The molecule has 2 aromatic rings. The molecule has 0 unspecified atom stereocenters. The monoisotopic (exact) mass is 423 g/mol. The number of carbonyl (C=O) groups excluding carboxylic acids is 2. The molecule has 10 nitrogen and oxygen atoms in total. The topological polar surface area (TPSA) is 148 Å². The summed E-state index contributed by atoms with van der Waals surface area (Å²) in [5.41, 5.74) is 4.46. The van der Waals surface area contributed by atoms with Crippen molar-refractivity contribution < 1.29 is 22.7 Å². The van der Waals surface area contributed by atoms with E-state index < -0.39 is 57.2 Å². The van der Waals surface area contributed by atoms with Gasteiger partial charge in [0.15, 0.2) is 16.4 Å². The van der Waals surface area contributed by atoms with E-state index >= 15 is 0 Å². The van der Waals surface area contributed by atoms with Gasteiger partial charge >= 0.3 is 11.7 Å². The van der Waals surface area contributed by atoms with Crippen LogP contribution in [0.15, 0.2) is 38.8 Å². The Morgan fingerprint density at radius 1 is 1.07 bits per heavy atom. The molecule has 0 spiro atoms. The zero-order valence-electron chi connectivity index (χ0n) is 16.2. The molecule has 11 heteroatoms. The highest BCUT2D eigenvalue weighted by Gasteiger charge is 2.22. The van der Waals surface area contributed by atoms with Crippen molar-refractivity contribution in [2.75, 3.05) is 18.1 Å². The van der Waals surface area contributed by atoms with E-state index in [1.54, 1.807) is 12.1 Å². The Morgan fingerprint density at radius 2 is 1.66 bits per heavy atom. The lowest BCUT2D eigenvalue weighted by Crippen LogP contribution is -2.42. The van der Waals surface area contributed by atoms with Gasteiger partial charge in [-0.25, -0.2) is 13.2 Å². The van der Waals surface area contributed by atoms with Crippen molar-refractivity contribution in [3.05, 3.63) is 56.2 Å². The van der Waals surface area contributed by atoms with Gasteiger partial charge in [-0.05, 0) is 19.1 Å². The summed E-state index contributed by atoms with van der Waals surface area (Å²) < 4.78 is 30.9. The van der Waals surface area contributed by atoms with Crippen LogP contribution in [0.1, 0.15) is 22.3 Å². The minimum atomic E-state index is -3.69. The van der Waals surface area contributed by atoms with Crippen LogP contribution in [-0.2, 0) is 33.5 Å². The number of rotatable bonds is 7. The molecule has 0 saturated heterocycles. The van der Waals surface area contributed by atoms with Gasteiger partial charge in [0.05, 0.1) is 17.1 Å². The highest BCUT2D eigenvalue weighted by atomic mass is 32.2. The summed E-state index contributed by atoms with van der Waals surface area (Å²) in [5, 5.41) is 0. The molecule has 0 aliphatic rings. The molecule has 0 saturated carbocycles. The highest BCUT2D eigenvalue weighted by molar-refractivity contribution is 7.91. The number of nitrogens with zero attached hydrogens (tertiary/aromatic N) is 2. The number of hydrogen-bond acceptors (Lipinski definition) is 8. The van der Waals surface area contributed by atoms with Gasteiger partial charge in [-0.15, -0.1) is 0 Å². The number of esters is 1. The Morgan fingerprint density at radius 3 is 2.24 bits per heavy atom. The smallest absolute Gasteiger partial charge is 0.332 e. The van der Waals surface area contributed by atoms with E-state index in [-0.39, 0.29) is 10.7 Å². The summed E-state index contributed by atoms with van der Waals surface area (Å²) in [6, 6.07) is 6.17. The normalized spacial score (nSPS) is 11.3. The van der Waals surface area contributed by atoms with Gasteiger partial charge in [-0.2, -0.15) is 0 Å². The average molecular weight is 423 g/mol. The van der Waals surface area contributed by atoms with Gasteiger partial charge in [-0.1, -0.05) is 17.7 Å². The molecule has 1 heterocycles. The number of sulfone groups is 1. The number of nitrogen functional groups attached to an aromatic ring is 1. The Kier molecular flexibility index (Phi) is 6.42. The Labute approximate surface area is 166 Å². The third kappa shape index (κ3) is 4.80. The second-order valence-corrected chi connectivity index (χ2v) is 8.54. The Bertz CT molecular complexity index is 1180. The van der Waals surface area contributed by atoms with E-state index in [4.69, 9.17) is 10.5 Å². The number of carbonyl (C=O) groups is 2. The lowest BCUT2D eigenvalue weighted by molar-refractivity contribution is -0.142. The summed E-state index contributed by atoms with van der Waals surface area (Å²) in [6.07, 6.45) is -0.468. The first-order valence-electron chi connectivity index (χ1n) is 8.49. The number of anilines is 1. The molecule has 0 radical (unpaired) electrons. The second-order valence-electron chi connectivity index (χ2n) is 6.43. The number of aryl methyl sites for hydroxylation is 1. The van der Waals surface area contributed by atoms with Crippen molar-refractivity contribution >= 4 is 27.4 Å². The van der Waals surface area contributed by atoms with Crippen LogP contribution in [-0.4, -0.2) is 41.7 Å². The number of ketones is 1. The van der Waals surface area contributed by atoms with Crippen molar-refractivity contribution in [1.29, 1.82) is 0 Å². The fourth-order valence-electron chi connectivity index (χ4n) is 2.49. The molecule has 0 fully saturated rings. The summed E-state index contributed by atoms with van der Waals surface area (Å²) in [5.74, 6) is -2.66. The molecule has 1 aromatic carbocycles. The first-order chi connectivity index (χ1) is 13.5. The van der Waals surface area contributed by atoms with Crippen LogP contribution in [0.5, 0.6) is 0 Å². The van der Waals surface area contributed by atoms with Gasteiger partial charge in [0.1, 0.15) is 11.4 Å². The van der Waals surface area contributed by atoms with Crippen LogP contribution >= 0.6 is 0 Å². The van der Waals surface area contributed by atoms with Gasteiger partial charge in [0, 0.05) is 14.1 Å². The molecular weight excluding hydrogens is 402 g/mol. The molecule has 2 rings (SSSR count). The van der Waals surface area contributed by atoms with Crippen molar-refractivity contribution in [2.45, 2.75) is 18.2 Å². The first-order valence-corrected chi connectivity index (χ1v) is 10.1. The summed E-state index contributed by atoms with van der Waals surface area (Å²) >= 11 is 0. The number of nitrogens with two attached hydrogens (primary N) is 1. The minimum Gasteiger partial charge on any atom is -0.457 e. The van der Waals surface area contributed by atoms with E-state index in [2.05, 4.69) is 0 Å². The van der Waals surface area contributed by atoms with Crippen LogP contribution in [0, 0.1) is 6.92 Å². The fourth-order valence-corrected chi connectivity index (χ4v) is 3.72. The maximum Gasteiger partial charge on any atom is 0.332 e. The first kappa shape index (κ1) is 22.1. The van der Waals surface area contributed by atoms with E-state index in [1.165, 1.54) is 26.2 Å². The lowest BCUT2D eigenvalue weighted by atomic mass is 10.2. The fraction of sp³-hybridized carbons (Fsp3) is 0.333. The third-order valence-corrected chi connectivity index (χ3v) is 6.04. The van der Waals surface area contributed by atoms with Crippen molar-refractivity contribution in [3.8, 4) is 0 Å². The van der Waals surface area contributed by atoms with Crippen LogP contribution < -0.4 is 17.0 Å². The zero-order chi connectivity index (χ0) is 21.9. The minimum absolute atomic E-state index is 0.0773. The van der Waals surface area contributed by atoms with Gasteiger partial charge in [0.25, 0.3) is 5.56 Å². The maximum absolute atomic E-state index is 12.3. The molecule has 29 heavy (non-hydrogen) atoms. The van der Waals surface area contributed by atoms with E-state index in [0.29, 0.717) is 4.57 Å². The van der Waals surface area contributed by atoms with E-state index in [9.17, 15) is 27.6 Å². The molecule has 0 atom stereocenters. The molecule has 0 aliphatic heterocycles. The molecule has 1 aromatic heterocycles. The Hall–Kier alpha value is -3.21. The molecule has 0 amide bonds.